The second-order valence-corrected chi connectivity index (χ2v) is 7.58. The van der Waals surface area contributed by atoms with Gasteiger partial charge in [0.25, 0.3) is 0 Å². The fourth-order valence-corrected chi connectivity index (χ4v) is 3.71. The lowest BCUT2D eigenvalue weighted by Gasteiger charge is -2.30. The predicted molar refractivity (Wildman–Crippen MR) is 102 cm³/mol. The number of nitrogens with zero attached hydrogens (tertiary/aromatic N) is 1. The molecule has 1 fully saturated rings. The summed E-state index contributed by atoms with van der Waals surface area (Å²) in [5.41, 5.74) is 0. The van der Waals surface area contributed by atoms with Crippen LogP contribution in [0, 0.1) is 5.92 Å². The maximum Gasteiger partial charge on any atom is 0.321 e. The van der Waals surface area contributed by atoms with E-state index < -0.39 is 6.03 Å². The number of amides is 3. The van der Waals surface area contributed by atoms with Gasteiger partial charge in [0, 0.05) is 12.6 Å². The minimum absolute atomic E-state index is 0.120. The number of fused-ring (bicyclic) bond motifs is 1. The fourth-order valence-electron chi connectivity index (χ4n) is 3.71. The van der Waals surface area contributed by atoms with E-state index in [1.165, 1.54) is 6.42 Å². The number of urea groups is 1. The third-order valence-corrected chi connectivity index (χ3v) is 5.18. The first kappa shape index (κ1) is 19.5. The average molecular weight is 375 g/mol. The van der Waals surface area contributed by atoms with Crippen LogP contribution in [0.4, 0.5) is 4.79 Å². The van der Waals surface area contributed by atoms with E-state index >= 15 is 0 Å². The van der Waals surface area contributed by atoms with Gasteiger partial charge in [0.2, 0.25) is 5.91 Å². The molecule has 1 aliphatic carbocycles. The Morgan fingerprint density at radius 1 is 1.19 bits per heavy atom. The molecule has 0 aromatic heterocycles. The van der Waals surface area contributed by atoms with Crippen LogP contribution >= 0.6 is 0 Å². The molecule has 1 heterocycles. The molecule has 3 rings (SSSR count). The molecule has 1 aliphatic heterocycles. The molecular weight excluding hydrogens is 346 g/mol. The van der Waals surface area contributed by atoms with Gasteiger partial charge in [0.05, 0.1) is 6.54 Å². The van der Waals surface area contributed by atoms with Gasteiger partial charge in [-0.25, -0.2) is 4.79 Å². The molecule has 7 heteroatoms. The molecule has 0 bridgehead atoms. The maximum absolute atomic E-state index is 12.1. The van der Waals surface area contributed by atoms with Crippen molar-refractivity contribution in [1.82, 2.24) is 15.5 Å². The van der Waals surface area contributed by atoms with Crippen LogP contribution in [0.1, 0.15) is 32.6 Å². The summed E-state index contributed by atoms with van der Waals surface area (Å²) in [5, 5.41) is 5.36. The first-order valence-electron chi connectivity index (χ1n) is 9.68. The van der Waals surface area contributed by atoms with E-state index in [-0.39, 0.29) is 24.6 Å². The summed E-state index contributed by atoms with van der Waals surface area (Å²) in [6, 6.07) is 7.28. The molecular formula is C20H29N3O4. The number of carbonyl (C=O) groups excluding carboxylic acids is 2. The van der Waals surface area contributed by atoms with Crippen LogP contribution in [-0.2, 0) is 4.79 Å². The van der Waals surface area contributed by atoms with Crippen molar-refractivity contribution in [1.29, 1.82) is 0 Å². The van der Waals surface area contributed by atoms with Gasteiger partial charge in [-0.3, -0.25) is 15.0 Å². The topological polar surface area (TPSA) is 79.9 Å². The molecule has 2 aliphatic rings. The van der Waals surface area contributed by atoms with Gasteiger partial charge >= 0.3 is 6.03 Å². The van der Waals surface area contributed by atoms with Crippen molar-refractivity contribution in [2.24, 2.45) is 5.92 Å². The Morgan fingerprint density at radius 3 is 2.70 bits per heavy atom. The number of ether oxygens (including phenoxy) is 2. The van der Waals surface area contributed by atoms with Crippen molar-refractivity contribution in [3.8, 4) is 11.5 Å². The molecule has 3 atom stereocenters. The summed E-state index contributed by atoms with van der Waals surface area (Å²) >= 11 is 0. The van der Waals surface area contributed by atoms with E-state index in [1.807, 2.05) is 36.2 Å². The molecule has 3 amide bonds. The van der Waals surface area contributed by atoms with Crippen molar-refractivity contribution in [3.63, 3.8) is 0 Å². The number of carbonyl (C=O) groups is 2. The van der Waals surface area contributed by atoms with Crippen LogP contribution < -0.4 is 20.1 Å². The molecule has 0 radical (unpaired) electrons. The van der Waals surface area contributed by atoms with E-state index in [1.54, 1.807) is 0 Å². The van der Waals surface area contributed by atoms with E-state index in [0.29, 0.717) is 24.8 Å². The molecule has 1 aromatic rings. The minimum Gasteiger partial charge on any atom is -0.486 e. The van der Waals surface area contributed by atoms with Gasteiger partial charge < -0.3 is 14.8 Å². The van der Waals surface area contributed by atoms with Crippen LogP contribution in [0.2, 0.25) is 0 Å². The average Bonchev–Trinajstić information content (AvgIpc) is 2.63. The third-order valence-electron chi connectivity index (χ3n) is 5.18. The van der Waals surface area contributed by atoms with E-state index in [4.69, 9.17) is 9.47 Å². The van der Waals surface area contributed by atoms with Gasteiger partial charge in [-0.2, -0.15) is 0 Å². The standard InChI is InChI=1S/C20H29N3O4/c1-14-7-3-4-8-16(14)21-20(25)22-19(24)12-23(2)11-15-13-26-17-9-5-6-10-18(17)27-15/h5-6,9-10,14-16H,3-4,7-8,11-13H2,1-2H3,(H2,21,22,24,25). The molecule has 7 nitrogen and oxygen atoms in total. The lowest BCUT2D eigenvalue weighted by molar-refractivity contribution is -0.121. The lowest BCUT2D eigenvalue weighted by Crippen LogP contribution is -2.50. The first-order valence-corrected chi connectivity index (χ1v) is 9.68. The van der Waals surface area contributed by atoms with Crippen LogP contribution in [0.5, 0.6) is 11.5 Å². The Kier molecular flexibility index (Phi) is 6.55. The number of para-hydroxylation sites is 2. The quantitative estimate of drug-likeness (QED) is 0.824. The van der Waals surface area contributed by atoms with Crippen molar-refractivity contribution in [2.75, 3.05) is 26.7 Å². The Hall–Kier alpha value is -2.28. The fraction of sp³-hybridized carbons (Fsp3) is 0.600. The van der Waals surface area contributed by atoms with E-state index in [0.717, 1.165) is 25.0 Å². The second kappa shape index (κ2) is 9.08. The van der Waals surface area contributed by atoms with Gasteiger partial charge in [-0.15, -0.1) is 0 Å². The number of imide groups is 1. The van der Waals surface area contributed by atoms with E-state index in [2.05, 4.69) is 17.6 Å². The van der Waals surface area contributed by atoms with Crippen LogP contribution in [0.3, 0.4) is 0 Å². The smallest absolute Gasteiger partial charge is 0.321 e. The number of benzene rings is 1. The van der Waals surface area contributed by atoms with Crippen molar-refractivity contribution < 1.29 is 19.1 Å². The SMILES string of the molecule is CC1CCCCC1NC(=O)NC(=O)CN(C)CC1COc2ccccc2O1. The largest absolute Gasteiger partial charge is 0.486 e. The van der Waals surface area contributed by atoms with E-state index in [9.17, 15) is 9.59 Å². The highest BCUT2D eigenvalue weighted by atomic mass is 16.6. The molecule has 1 aromatic carbocycles. The summed E-state index contributed by atoms with van der Waals surface area (Å²) in [6.45, 7) is 3.23. The zero-order valence-electron chi connectivity index (χ0n) is 16.1. The maximum atomic E-state index is 12.1. The molecule has 148 valence electrons. The summed E-state index contributed by atoms with van der Waals surface area (Å²) in [7, 11) is 1.82. The Morgan fingerprint density at radius 2 is 1.93 bits per heavy atom. The van der Waals surface area contributed by atoms with Crippen LogP contribution in [0.25, 0.3) is 0 Å². The van der Waals surface area contributed by atoms with Crippen LogP contribution in [-0.4, -0.2) is 55.7 Å². The number of hydrogen-bond donors (Lipinski definition) is 2. The Bertz CT molecular complexity index is 666. The lowest BCUT2D eigenvalue weighted by atomic mass is 9.86. The molecule has 0 spiro atoms. The van der Waals surface area contributed by atoms with Gasteiger partial charge in [0.15, 0.2) is 11.5 Å². The van der Waals surface area contributed by atoms with Gasteiger partial charge in [0.1, 0.15) is 12.7 Å². The summed E-state index contributed by atoms with van der Waals surface area (Å²) in [5.74, 6) is 1.58. The van der Waals surface area contributed by atoms with Gasteiger partial charge in [-0.05, 0) is 37.9 Å². The number of rotatable bonds is 5. The normalized spacial score (nSPS) is 24.3. The summed E-state index contributed by atoms with van der Waals surface area (Å²) < 4.78 is 11.6. The minimum atomic E-state index is -0.404. The highest BCUT2D eigenvalue weighted by molar-refractivity contribution is 5.95. The molecule has 2 N–H and O–H groups in total. The molecule has 1 saturated carbocycles. The third kappa shape index (κ3) is 5.60. The van der Waals surface area contributed by atoms with Crippen molar-refractivity contribution >= 4 is 11.9 Å². The zero-order chi connectivity index (χ0) is 19.2. The monoisotopic (exact) mass is 375 g/mol. The molecule has 3 unspecified atom stereocenters. The Balaban J connectivity index is 1.39. The molecule has 0 saturated heterocycles. The number of likely N-dealkylation sites (N-methyl/N-ethyl adjacent to an activating group) is 1. The summed E-state index contributed by atoms with van der Waals surface area (Å²) in [4.78, 5) is 26.0. The first-order chi connectivity index (χ1) is 13.0. The highest BCUT2D eigenvalue weighted by Gasteiger charge is 2.25. The predicted octanol–water partition coefficient (Wildman–Crippen LogP) is 2.16. The van der Waals surface area contributed by atoms with Crippen LogP contribution in [0.15, 0.2) is 24.3 Å². The highest BCUT2D eigenvalue weighted by Crippen LogP contribution is 2.30. The van der Waals surface area contributed by atoms with Crippen molar-refractivity contribution in [3.05, 3.63) is 24.3 Å². The van der Waals surface area contributed by atoms with Crippen molar-refractivity contribution in [2.45, 2.75) is 44.8 Å². The second-order valence-electron chi connectivity index (χ2n) is 7.58. The molecule has 27 heavy (non-hydrogen) atoms. The summed E-state index contributed by atoms with van der Waals surface area (Å²) in [6.07, 6.45) is 4.27. The zero-order valence-corrected chi connectivity index (χ0v) is 16.1. The number of hydrogen-bond acceptors (Lipinski definition) is 5. The Labute approximate surface area is 160 Å². The van der Waals surface area contributed by atoms with Gasteiger partial charge in [-0.1, -0.05) is 31.9 Å². The number of nitrogens with one attached hydrogen (secondary N) is 2.